The average Bonchev–Trinajstić information content (AvgIpc) is 3.39. The fraction of sp³-hybridized carbons (Fsp3) is 0.409. The van der Waals surface area contributed by atoms with Gasteiger partial charge in [-0.05, 0) is 57.5 Å². The summed E-state index contributed by atoms with van der Waals surface area (Å²) in [5.41, 5.74) is 2.84. The molecule has 0 aliphatic carbocycles. The second-order valence-electron chi connectivity index (χ2n) is 8.64. The number of amides is 1. The van der Waals surface area contributed by atoms with Crippen LogP contribution in [0.3, 0.4) is 0 Å². The van der Waals surface area contributed by atoms with Crippen LogP contribution in [-0.4, -0.2) is 49.2 Å². The summed E-state index contributed by atoms with van der Waals surface area (Å²) in [7, 11) is 1.87. The molecule has 1 fully saturated rings. The Labute approximate surface area is 175 Å². The third kappa shape index (κ3) is 4.22. The molecule has 1 aliphatic heterocycles. The monoisotopic (exact) mass is 411 g/mol. The third-order valence-electron chi connectivity index (χ3n) is 5.05. The van der Waals surface area contributed by atoms with Crippen LogP contribution in [0.2, 0.25) is 0 Å². The van der Waals surface area contributed by atoms with Gasteiger partial charge in [-0.25, -0.2) is 13.9 Å². The van der Waals surface area contributed by atoms with Gasteiger partial charge in [-0.2, -0.15) is 10.2 Å². The van der Waals surface area contributed by atoms with Crippen LogP contribution in [0.1, 0.15) is 38.8 Å². The van der Waals surface area contributed by atoms with Crippen molar-refractivity contribution in [3.05, 3.63) is 54.2 Å². The van der Waals surface area contributed by atoms with E-state index in [0.717, 1.165) is 29.1 Å². The number of ether oxygens (including phenoxy) is 1. The fourth-order valence-corrected chi connectivity index (χ4v) is 3.65. The van der Waals surface area contributed by atoms with Gasteiger partial charge >= 0.3 is 6.09 Å². The van der Waals surface area contributed by atoms with Crippen LogP contribution in [0.25, 0.3) is 16.9 Å². The van der Waals surface area contributed by atoms with Gasteiger partial charge < -0.3 is 9.64 Å². The van der Waals surface area contributed by atoms with E-state index in [9.17, 15) is 9.18 Å². The van der Waals surface area contributed by atoms with Crippen molar-refractivity contribution in [3.8, 4) is 16.9 Å². The lowest BCUT2D eigenvalue weighted by atomic mass is 10.00. The quantitative estimate of drug-likeness (QED) is 0.650. The lowest BCUT2D eigenvalue weighted by Crippen LogP contribution is -2.35. The van der Waals surface area contributed by atoms with Gasteiger partial charge in [0.1, 0.15) is 11.4 Å². The number of benzene rings is 1. The van der Waals surface area contributed by atoms with Gasteiger partial charge in [0, 0.05) is 44.0 Å². The highest BCUT2D eigenvalue weighted by molar-refractivity contribution is 5.69. The normalized spacial score (nSPS) is 16.8. The number of nitrogens with zero attached hydrogens (tertiary/aromatic N) is 5. The van der Waals surface area contributed by atoms with Gasteiger partial charge in [0.05, 0.1) is 17.1 Å². The molecule has 0 saturated carbocycles. The molecule has 0 radical (unpaired) electrons. The highest BCUT2D eigenvalue weighted by Gasteiger charge is 2.33. The van der Waals surface area contributed by atoms with Gasteiger partial charge in [0.2, 0.25) is 0 Å². The maximum Gasteiger partial charge on any atom is 0.410 e. The molecule has 1 amide bonds. The van der Waals surface area contributed by atoms with Gasteiger partial charge in [-0.3, -0.25) is 4.68 Å². The van der Waals surface area contributed by atoms with E-state index in [-0.39, 0.29) is 17.8 Å². The van der Waals surface area contributed by atoms with Crippen molar-refractivity contribution in [2.24, 2.45) is 7.05 Å². The van der Waals surface area contributed by atoms with Crippen LogP contribution in [0, 0.1) is 5.82 Å². The number of hydrogen-bond acceptors (Lipinski definition) is 4. The van der Waals surface area contributed by atoms with Crippen LogP contribution in [0.4, 0.5) is 9.18 Å². The summed E-state index contributed by atoms with van der Waals surface area (Å²) in [5.74, 6) is -0.226. The number of aryl methyl sites for hydroxylation is 1. The van der Waals surface area contributed by atoms with E-state index < -0.39 is 5.60 Å². The number of aromatic nitrogens is 4. The molecule has 3 heterocycles. The summed E-state index contributed by atoms with van der Waals surface area (Å²) in [6.45, 7) is 6.74. The minimum atomic E-state index is -0.529. The van der Waals surface area contributed by atoms with Crippen molar-refractivity contribution < 1.29 is 13.9 Å². The number of hydrogen-bond donors (Lipinski definition) is 0. The molecule has 2 aromatic heterocycles. The molecule has 1 saturated heterocycles. The molecule has 1 unspecified atom stereocenters. The first-order valence-corrected chi connectivity index (χ1v) is 10.0. The molecular formula is C22H26FN5O2. The maximum atomic E-state index is 13.3. The largest absolute Gasteiger partial charge is 0.444 e. The minimum absolute atomic E-state index is 0.0659. The van der Waals surface area contributed by atoms with E-state index in [1.165, 1.54) is 12.1 Å². The van der Waals surface area contributed by atoms with Gasteiger partial charge in [0.25, 0.3) is 0 Å². The number of halogens is 1. The zero-order valence-electron chi connectivity index (χ0n) is 17.7. The minimum Gasteiger partial charge on any atom is -0.444 e. The van der Waals surface area contributed by atoms with Crippen LogP contribution < -0.4 is 0 Å². The lowest BCUT2D eigenvalue weighted by molar-refractivity contribution is 0.0292. The maximum absolute atomic E-state index is 13.3. The molecule has 0 bridgehead atoms. The highest BCUT2D eigenvalue weighted by atomic mass is 19.1. The first-order valence-electron chi connectivity index (χ1n) is 10.0. The van der Waals surface area contributed by atoms with Crippen molar-refractivity contribution in [2.75, 3.05) is 13.1 Å². The highest BCUT2D eigenvalue weighted by Crippen LogP contribution is 2.34. The Morgan fingerprint density at radius 2 is 1.90 bits per heavy atom. The third-order valence-corrected chi connectivity index (χ3v) is 5.05. The number of rotatable bonds is 3. The van der Waals surface area contributed by atoms with Crippen molar-refractivity contribution in [1.29, 1.82) is 0 Å². The average molecular weight is 411 g/mol. The van der Waals surface area contributed by atoms with E-state index in [1.807, 2.05) is 46.3 Å². The molecule has 3 aromatic rings. The zero-order valence-corrected chi connectivity index (χ0v) is 17.7. The number of likely N-dealkylation sites (tertiary alicyclic amines) is 1. The Hall–Kier alpha value is -3.16. The fourth-order valence-electron chi connectivity index (χ4n) is 3.65. The summed E-state index contributed by atoms with van der Waals surface area (Å²) >= 11 is 0. The number of carbonyl (C=O) groups is 1. The van der Waals surface area contributed by atoms with Crippen molar-refractivity contribution in [1.82, 2.24) is 24.5 Å². The topological polar surface area (TPSA) is 65.2 Å². The second kappa shape index (κ2) is 7.59. The molecule has 0 spiro atoms. The van der Waals surface area contributed by atoms with Crippen molar-refractivity contribution in [3.63, 3.8) is 0 Å². The molecule has 0 N–H and O–H groups in total. The summed E-state index contributed by atoms with van der Waals surface area (Å²) in [5, 5.41) is 9.35. The van der Waals surface area contributed by atoms with Gasteiger partial charge in [-0.15, -0.1) is 0 Å². The number of carbonyl (C=O) groups excluding carboxylic acids is 1. The molecule has 1 atom stereocenters. The Bertz CT molecular complexity index is 1050. The molecule has 158 valence electrons. The Balaban J connectivity index is 1.65. The molecule has 1 aliphatic rings. The van der Waals surface area contributed by atoms with Crippen LogP contribution in [0.15, 0.2) is 42.7 Å². The van der Waals surface area contributed by atoms with Gasteiger partial charge in [0.15, 0.2) is 0 Å². The van der Waals surface area contributed by atoms with E-state index in [1.54, 1.807) is 26.4 Å². The van der Waals surface area contributed by atoms with E-state index in [2.05, 4.69) is 5.10 Å². The summed E-state index contributed by atoms with van der Waals surface area (Å²) in [6.07, 6.45) is 4.29. The standard InChI is InChI=1S/C22H26FN5O2/c1-22(2,3)30-21(29)27-12-9-15(13-27)20-18(19-10-11-26(4)24-19)14-28(25-20)17-7-5-16(23)6-8-17/h5-8,10-11,14-15H,9,12-13H2,1-4H3. The van der Waals surface area contributed by atoms with E-state index >= 15 is 0 Å². The van der Waals surface area contributed by atoms with Crippen LogP contribution >= 0.6 is 0 Å². The molecule has 1 aromatic carbocycles. The Morgan fingerprint density at radius 1 is 1.17 bits per heavy atom. The second-order valence-corrected chi connectivity index (χ2v) is 8.64. The molecule has 4 rings (SSSR count). The van der Waals surface area contributed by atoms with E-state index in [0.29, 0.717) is 13.1 Å². The van der Waals surface area contributed by atoms with Crippen molar-refractivity contribution >= 4 is 6.09 Å². The first kappa shape index (κ1) is 20.1. The van der Waals surface area contributed by atoms with Crippen LogP contribution in [0.5, 0.6) is 0 Å². The van der Waals surface area contributed by atoms with Crippen molar-refractivity contribution in [2.45, 2.75) is 38.7 Å². The van der Waals surface area contributed by atoms with Gasteiger partial charge in [-0.1, -0.05) is 0 Å². The predicted octanol–water partition coefficient (Wildman–Crippen LogP) is 4.14. The smallest absolute Gasteiger partial charge is 0.410 e. The zero-order chi connectivity index (χ0) is 21.5. The summed E-state index contributed by atoms with van der Waals surface area (Å²) < 4.78 is 22.4. The summed E-state index contributed by atoms with van der Waals surface area (Å²) in [6, 6.07) is 8.15. The molecule has 7 nitrogen and oxygen atoms in total. The Kier molecular flexibility index (Phi) is 5.09. The predicted molar refractivity (Wildman–Crippen MR) is 111 cm³/mol. The SMILES string of the molecule is Cn1ccc(-c2cn(-c3ccc(F)cc3)nc2C2CCN(C(=O)OC(C)(C)C)C2)n1. The first-order chi connectivity index (χ1) is 14.2. The molecule has 30 heavy (non-hydrogen) atoms. The molecule has 8 heteroatoms. The Morgan fingerprint density at radius 3 is 2.53 bits per heavy atom. The van der Waals surface area contributed by atoms with E-state index in [4.69, 9.17) is 9.84 Å². The summed E-state index contributed by atoms with van der Waals surface area (Å²) in [4.78, 5) is 14.2. The molecular weight excluding hydrogens is 385 g/mol. The lowest BCUT2D eigenvalue weighted by Gasteiger charge is -2.24. The van der Waals surface area contributed by atoms with Crippen LogP contribution in [-0.2, 0) is 11.8 Å².